The van der Waals surface area contributed by atoms with Crippen LogP contribution in [0.4, 0.5) is 17.6 Å². The summed E-state index contributed by atoms with van der Waals surface area (Å²) in [5, 5.41) is 0.554. The van der Waals surface area contributed by atoms with E-state index in [9.17, 15) is 17.6 Å². The zero-order chi connectivity index (χ0) is 11.5. The van der Waals surface area contributed by atoms with Crippen molar-refractivity contribution < 1.29 is 17.6 Å². The molecule has 0 N–H and O–H groups in total. The maximum Gasteiger partial charge on any atom is 0.416 e. The topological polar surface area (TPSA) is 0 Å². The van der Waals surface area contributed by atoms with E-state index in [0.717, 1.165) is 18.2 Å². The number of hydrogen-bond acceptors (Lipinski definition) is 0. The normalized spacial score (nSPS) is 11.8. The van der Waals surface area contributed by atoms with E-state index in [0.29, 0.717) is 11.8 Å². The Balaban J connectivity index is 3.09. The highest BCUT2D eigenvalue weighted by atomic mass is 79.9. The molecule has 5 heteroatoms. The van der Waals surface area contributed by atoms with Gasteiger partial charge in [0.2, 0.25) is 0 Å². The van der Waals surface area contributed by atoms with Crippen LogP contribution in [0.3, 0.4) is 0 Å². The summed E-state index contributed by atoms with van der Waals surface area (Å²) in [6.07, 6.45) is -3.92. The molecule has 0 amide bonds. The van der Waals surface area contributed by atoms with E-state index < -0.39 is 17.6 Å². The molecule has 0 spiro atoms. The molecule has 1 aromatic rings. The maximum atomic E-state index is 13.2. The van der Waals surface area contributed by atoms with Gasteiger partial charge in [0.15, 0.2) is 0 Å². The Hall–Kier alpha value is -0.580. The third-order valence-corrected chi connectivity index (χ3v) is 2.55. The fraction of sp³-hybridized carbons (Fsp3) is 0.400. The standard InChI is InChI=1S/C10H9BrF4/c11-6-2-3-7-8(10(13,14)15)4-1-5-9(7)12/h1,4-5H,2-3,6H2. The van der Waals surface area contributed by atoms with Crippen LogP contribution in [0.2, 0.25) is 0 Å². The van der Waals surface area contributed by atoms with E-state index in [1.54, 1.807) is 0 Å². The Morgan fingerprint density at radius 3 is 2.40 bits per heavy atom. The van der Waals surface area contributed by atoms with Gasteiger partial charge < -0.3 is 0 Å². The lowest BCUT2D eigenvalue weighted by molar-refractivity contribution is -0.138. The van der Waals surface area contributed by atoms with Crippen molar-refractivity contribution in [3.05, 3.63) is 35.1 Å². The molecule has 0 aromatic heterocycles. The Morgan fingerprint density at radius 2 is 1.87 bits per heavy atom. The van der Waals surface area contributed by atoms with Crippen molar-refractivity contribution in [3.8, 4) is 0 Å². The fourth-order valence-electron chi connectivity index (χ4n) is 1.32. The molecule has 0 nitrogen and oxygen atoms in total. The zero-order valence-electron chi connectivity index (χ0n) is 7.74. The molecule has 0 radical (unpaired) electrons. The molecule has 0 aliphatic carbocycles. The Labute approximate surface area is 93.4 Å². The Kier molecular flexibility index (Phi) is 4.13. The lowest BCUT2D eigenvalue weighted by atomic mass is 10.0. The van der Waals surface area contributed by atoms with Gasteiger partial charge in [-0.15, -0.1) is 0 Å². The van der Waals surface area contributed by atoms with Crippen LogP contribution in [0.25, 0.3) is 0 Å². The smallest absolute Gasteiger partial charge is 0.207 e. The second kappa shape index (κ2) is 4.96. The van der Waals surface area contributed by atoms with Gasteiger partial charge in [-0.1, -0.05) is 22.0 Å². The first kappa shape index (κ1) is 12.5. The Bertz CT molecular complexity index is 333. The molecule has 1 rings (SSSR count). The molecule has 0 saturated carbocycles. The molecular weight excluding hydrogens is 276 g/mol. The van der Waals surface area contributed by atoms with Crippen LogP contribution in [0, 0.1) is 5.82 Å². The molecule has 15 heavy (non-hydrogen) atoms. The van der Waals surface area contributed by atoms with Crippen molar-refractivity contribution in [1.29, 1.82) is 0 Å². The lowest BCUT2D eigenvalue weighted by Gasteiger charge is -2.12. The van der Waals surface area contributed by atoms with Crippen molar-refractivity contribution in [2.24, 2.45) is 0 Å². The first-order valence-corrected chi connectivity index (χ1v) is 5.49. The van der Waals surface area contributed by atoms with Crippen LogP contribution < -0.4 is 0 Å². The van der Waals surface area contributed by atoms with E-state index >= 15 is 0 Å². The third kappa shape index (κ3) is 3.19. The summed E-state index contributed by atoms with van der Waals surface area (Å²) >= 11 is 3.10. The fourth-order valence-corrected chi connectivity index (χ4v) is 1.60. The predicted molar refractivity (Wildman–Crippen MR) is 53.5 cm³/mol. The van der Waals surface area contributed by atoms with Crippen molar-refractivity contribution in [3.63, 3.8) is 0 Å². The molecule has 0 bridgehead atoms. The van der Waals surface area contributed by atoms with Gasteiger partial charge in [0.25, 0.3) is 0 Å². The summed E-state index contributed by atoms with van der Waals surface area (Å²) in [6, 6.07) is 3.04. The van der Waals surface area contributed by atoms with Crippen LogP contribution in [0.1, 0.15) is 17.5 Å². The molecular formula is C10H9BrF4. The van der Waals surface area contributed by atoms with E-state index in [4.69, 9.17) is 0 Å². The summed E-state index contributed by atoms with van der Waals surface area (Å²) in [4.78, 5) is 0. The van der Waals surface area contributed by atoms with Crippen molar-refractivity contribution in [1.82, 2.24) is 0 Å². The van der Waals surface area contributed by atoms with Crippen LogP contribution in [0.5, 0.6) is 0 Å². The second-order valence-electron chi connectivity index (χ2n) is 3.06. The minimum atomic E-state index is -4.48. The average Bonchev–Trinajstić information content (AvgIpc) is 2.14. The van der Waals surface area contributed by atoms with E-state index in [1.165, 1.54) is 0 Å². The van der Waals surface area contributed by atoms with Gasteiger partial charge in [0, 0.05) is 10.9 Å². The minimum Gasteiger partial charge on any atom is -0.207 e. The molecule has 0 aliphatic rings. The number of benzene rings is 1. The van der Waals surface area contributed by atoms with E-state index in [-0.39, 0.29) is 12.0 Å². The highest BCUT2D eigenvalue weighted by Gasteiger charge is 2.33. The summed E-state index contributed by atoms with van der Waals surface area (Å²) in [6.45, 7) is 0. The minimum absolute atomic E-state index is 0.0900. The average molecular weight is 285 g/mol. The van der Waals surface area contributed by atoms with Gasteiger partial charge >= 0.3 is 6.18 Å². The van der Waals surface area contributed by atoms with E-state index in [1.807, 2.05) is 0 Å². The van der Waals surface area contributed by atoms with Crippen molar-refractivity contribution >= 4 is 15.9 Å². The quantitative estimate of drug-likeness (QED) is 0.577. The predicted octanol–water partition coefficient (Wildman–Crippen LogP) is 4.17. The van der Waals surface area contributed by atoms with Gasteiger partial charge in [-0.05, 0) is 25.0 Å². The molecule has 84 valence electrons. The molecule has 0 aliphatic heterocycles. The summed E-state index contributed by atoms with van der Waals surface area (Å²) in [5.74, 6) is -0.786. The van der Waals surface area contributed by atoms with Crippen molar-refractivity contribution in [2.45, 2.75) is 19.0 Å². The Morgan fingerprint density at radius 1 is 1.20 bits per heavy atom. The largest absolute Gasteiger partial charge is 0.416 e. The van der Waals surface area contributed by atoms with Gasteiger partial charge in [-0.3, -0.25) is 0 Å². The molecule has 1 aromatic carbocycles. The highest BCUT2D eigenvalue weighted by molar-refractivity contribution is 9.09. The summed E-state index contributed by atoms with van der Waals surface area (Å²) in [7, 11) is 0. The van der Waals surface area contributed by atoms with Gasteiger partial charge in [-0.25, -0.2) is 4.39 Å². The van der Waals surface area contributed by atoms with Crippen LogP contribution in [-0.4, -0.2) is 5.33 Å². The van der Waals surface area contributed by atoms with Crippen molar-refractivity contribution in [2.75, 3.05) is 5.33 Å². The number of halogens is 5. The zero-order valence-corrected chi connectivity index (χ0v) is 9.33. The first-order chi connectivity index (χ1) is 6.96. The summed E-state index contributed by atoms with van der Waals surface area (Å²) < 4.78 is 50.6. The SMILES string of the molecule is Fc1cccc(C(F)(F)F)c1CCCBr. The highest BCUT2D eigenvalue weighted by Crippen LogP contribution is 2.33. The van der Waals surface area contributed by atoms with E-state index in [2.05, 4.69) is 15.9 Å². The first-order valence-electron chi connectivity index (χ1n) is 4.37. The number of rotatable bonds is 3. The van der Waals surface area contributed by atoms with Gasteiger partial charge in [0.1, 0.15) is 5.82 Å². The second-order valence-corrected chi connectivity index (χ2v) is 3.85. The van der Waals surface area contributed by atoms with Gasteiger partial charge in [0.05, 0.1) is 5.56 Å². The molecule has 0 fully saturated rings. The van der Waals surface area contributed by atoms with Crippen LogP contribution >= 0.6 is 15.9 Å². The number of alkyl halides is 4. The lowest BCUT2D eigenvalue weighted by Crippen LogP contribution is -2.11. The van der Waals surface area contributed by atoms with Gasteiger partial charge in [-0.2, -0.15) is 13.2 Å². The monoisotopic (exact) mass is 284 g/mol. The molecule has 0 heterocycles. The molecule has 0 saturated heterocycles. The molecule has 0 atom stereocenters. The maximum absolute atomic E-state index is 13.2. The number of hydrogen-bond donors (Lipinski definition) is 0. The van der Waals surface area contributed by atoms with Crippen LogP contribution in [-0.2, 0) is 12.6 Å². The molecule has 0 unspecified atom stereocenters. The summed E-state index contributed by atoms with van der Waals surface area (Å²) in [5.41, 5.74) is -1.12. The van der Waals surface area contributed by atoms with Crippen LogP contribution in [0.15, 0.2) is 18.2 Å². The third-order valence-electron chi connectivity index (χ3n) is 1.98.